The molecule has 0 fully saturated rings. The van der Waals surface area contributed by atoms with Crippen molar-refractivity contribution in [2.45, 2.75) is 207 Å². The number of guanidine groups is 3. The van der Waals surface area contributed by atoms with Crippen molar-refractivity contribution in [1.82, 2.24) is 0 Å². The summed E-state index contributed by atoms with van der Waals surface area (Å²) in [6, 6.07) is 18.7. The van der Waals surface area contributed by atoms with Crippen LogP contribution in [0.4, 0.5) is 17.1 Å². The maximum absolute atomic E-state index is 7.06. The molecule has 0 atom stereocenters. The Morgan fingerprint density at radius 3 is 0.763 bits per heavy atom. The lowest BCUT2D eigenvalue weighted by Gasteiger charge is -2.24. The van der Waals surface area contributed by atoms with Crippen LogP contribution < -0.4 is 53.3 Å². The Hall–Kier alpha value is -6.11. The van der Waals surface area contributed by atoms with E-state index in [0.717, 1.165) is 125 Å². The molecular formula is C63H97N9O4. The highest BCUT2D eigenvalue weighted by Gasteiger charge is 2.24. The highest BCUT2D eigenvalue weighted by atomic mass is 16.5. The zero-order valence-electron chi connectivity index (χ0n) is 47.3. The first kappa shape index (κ1) is 60.8. The molecule has 0 unspecified atom stereocenters. The van der Waals surface area contributed by atoms with E-state index in [1.807, 2.05) is 24.3 Å². The molecule has 0 amide bonds. The molecule has 8 bridgehead atoms. The number of nitrogens with zero attached hydrogens (tertiary/aromatic N) is 3. The highest BCUT2D eigenvalue weighted by Crippen LogP contribution is 2.43. The van der Waals surface area contributed by atoms with Crippen LogP contribution in [0.3, 0.4) is 0 Å². The molecule has 0 heterocycles. The van der Waals surface area contributed by atoms with Gasteiger partial charge in [0.25, 0.3) is 0 Å². The van der Waals surface area contributed by atoms with Crippen LogP contribution in [0.5, 0.6) is 23.0 Å². The van der Waals surface area contributed by atoms with Crippen molar-refractivity contribution < 1.29 is 18.9 Å². The van der Waals surface area contributed by atoms with Crippen molar-refractivity contribution in [3.8, 4) is 23.0 Å². The second-order valence-corrected chi connectivity index (χ2v) is 21.0. The predicted octanol–water partition coefficient (Wildman–Crippen LogP) is 14.0. The number of unbranched alkanes of at least 4 members (excludes halogenated alkanes) is 20. The topological polar surface area (TPSA) is 230 Å². The van der Waals surface area contributed by atoms with Crippen LogP contribution in [0, 0.1) is 0 Å². The molecule has 418 valence electrons. The van der Waals surface area contributed by atoms with E-state index in [1.165, 1.54) is 96.3 Å². The molecule has 76 heavy (non-hydrogen) atoms. The quantitative estimate of drug-likeness (QED) is 0.0128. The van der Waals surface area contributed by atoms with Crippen molar-refractivity contribution in [3.05, 3.63) is 99.1 Å². The van der Waals surface area contributed by atoms with Crippen molar-refractivity contribution in [2.75, 3.05) is 26.4 Å². The van der Waals surface area contributed by atoms with E-state index < -0.39 is 0 Å². The molecule has 4 aromatic carbocycles. The molecule has 0 aliphatic heterocycles. The van der Waals surface area contributed by atoms with Gasteiger partial charge < -0.3 is 53.3 Å². The first-order chi connectivity index (χ1) is 37.0. The molecule has 0 radical (unpaired) electrons. The van der Waals surface area contributed by atoms with Crippen LogP contribution in [0.15, 0.2) is 69.6 Å². The first-order valence-corrected chi connectivity index (χ1v) is 29.4. The smallest absolute Gasteiger partial charge is 0.191 e. The summed E-state index contributed by atoms with van der Waals surface area (Å²) in [4.78, 5) is 14.0. The van der Waals surface area contributed by atoms with E-state index in [1.54, 1.807) is 0 Å². The minimum atomic E-state index is -0.0459. The third-order valence-corrected chi connectivity index (χ3v) is 14.1. The van der Waals surface area contributed by atoms with Crippen LogP contribution >= 0.6 is 0 Å². The van der Waals surface area contributed by atoms with Gasteiger partial charge in [-0.05, 0) is 73.2 Å². The average Bonchev–Trinajstić information content (AvgIpc) is 3.38. The molecule has 13 nitrogen and oxygen atoms in total. The number of aliphatic imine (C=N–C) groups is 3. The van der Waals surface area contributed by atoms with Crippen molar-refractivity contribution in [1.29, 1.82) is 0 Å². The number of hydrogen-bond acceptors (Lipinski definition) is 7. The van der Waals surface area contributed by atoms with Gasteiger partial charge in [-0.1, -0.05) is 174 Å². The van der Waals surface area contributed by atoms with E-state index in [-0.39, 0.29) is 17.9 Å². The normalized spacial score (nSPS) is 11.9. The Morgan fingerprint density at radius 1 is 0.316 bits per heavy atom. The van der Waals surface area contributed by atoms with Gasteiger partial charge in [-0.2, -0.15) is 0 Å². The van der Waals surface area contributed by atoms with Gasteiger partial charge in [0, 0.05) is 59.1 Å². The molecular weight excluding hydrogens is 947 g/mol. The highest BCUT2D eigenvalue weighted by molar-refractivity contribution is 5.81. The second-order valence-electron chi connectivity index (χ2n) is 21.0. The van der Waals surface area contributed by atoms with Crippen LogP contribution in [0.1, 0.15) is 226 Å². The van der Waals surface area contributed by atoms with Crippen LogP contribution in [-0.4, -0.2) is 44.3 Å². The summed E-state index contributed by atoms with van der Waals surface area (Å²) >= 11 is 0. The van der Waals surface area contributed by atoms with Gasteiger partial charge in [0.2, 0.25) is 0 Å². The number of hydrogen-bond donors (Lipinski definition) is 6. The van der Waals surface area contributed by atoms with E-state index in [2.05, 4.69) is 73.0 Å². The second kappa shape index (κ2) is 34.5. The van der Waals surface area contributed by atoms with E-state index in [0.29, 0.717) is 69.2 Å². The Bertz CT molecular complexity index is 2300. The fraction of sp³-hybridized carbons (Fsp3) is 0.571. The lowest BCUT2D eigenvalue weighted by molar-refractivity contribution is 0.293. The molecule has 0 saturated carbocycles. The van der Waals surface area contributed by atoms with Gasteiger partial charge in [0.1, 0.15) is 23.0 Å². The molecule has 1 aliphatic carbocycles. The molecule has 13 heteroatoms. The van der Waals surface area contributed by atoms with Crippen molar-refractivity contribution >= 4 is 34.9 Å². The van der Waals surface area contributed by atoms with Gasteiger partial charge in [-0.25, -0.2) is 15.0 Å². The van der Waals surface area contributed by atoms with Crippen molar-refractivity contribution in [2.24, 2.45) is 49.4 Å². The zero-order valence-corrected chi connectivity index (χ0v) is 47.3. The first-order valence-electron chi connectivity index (χ1n) is 29.4. The summed E-state index contributed by atoms with van der Waals surface area (Å²) in [6.07, 6.45) is 29.2. The number of benzene rings is 4. The molecule has 12 N–H and O–H groups in total. The molecule has 0 aromatic heterocycles. The standard InChI is InChI=1S/C63H97N9O4/c1-5-9-13-17-21-25-32-73-57-46-30-29-31-47(57)37-49-41-55(71-62(66)67)43-51(59(49)75-34-27-23-19-15-11-7-3)39-53-45-56(72-63(68)69)44-52(60(53)76-35-28-24-20-16-12-8-4)38-50-42-54(70-61(64)65)40-48(36-46)58(50)74-33-26-22-18-14-10-6-2/h29-31,40-45H,5-28,32-39H2,1-4H3,(H4,64,65,70)(H4,66,67,71)(H4,68,69,72). The summed E-state index contributed by atoms with van der Waals surface area (Å²) in [7, 11) is 0. The van der Waals surface area contributed by atoms with Crippen molar-refractivity contribution in [3.63, 3.8) is 0 Å². The van der Waals surface area contributed by atoms with E-state index in [4.69, 9.17) is 53.3 Å². The lowest BCUT2D eigenvalue weighted by atomic mass is 9.90. The third-order valence-electron chi connectivity index (χ3n) is 14.1. The van der Waals surface area contributed by atoms with Gasteiger partial charge in [-0.3, -0.25) is 0 Å². The van der Waals surface area contributed by atoms with E-state index >= 15 is 0 Å². The summed E-state index contributed by atoms with van der Waals surface area (Å²) in [5.74, 6) is 3.12. The van der Waals surface area contributed by atoms with Crippen LogP contribution in [0.25, 0.3) is 0 Å². The Balaban J connectivity index is 1.80. The fourth-order valence-corrected chi connectivity index (χ4v) is 10.3. The Labute approximate surface area is 457 Å². The number of fused-ring (bicyclic) bond motifs is 8. The maximum Gasteiger partial charge on any atom is 0.191 e. The van der Waals surface area contributed by atoms with Gasteiger partial charge in [0.15, 0.2) is 17.9 Å². The molecule has 4 aromatic rings. The SMILES string of the molecule is CCCCCCCCOc1c2cccc1Cc1cc(N=C(N)N)cc(c1OCCCCCCCC)Cc1cc(N=C(N)N)cc(c1OCCCCCCCC)Cc1cc(N=C(N)N)cc(c1OCCCCCCCC)C2. The predicted molar refractivity (Wildman–Crippen MR) is 319 cm³/mol. The number of ether oxygens (including phenoxy) is 4. The summed E-state index contributed by atoms with van der Waals surface area (Å²) < 4.78 is 28.2. The summed E-state index contributed by atoms with van der Waals surface area (Å²) in [6.45, 7) is 11.2. The molecule has 0 spiro atoms. The zero-order chi connectivity index (χ0) is 54.3. The van der Waals surface area contributed by atoms with Gasteiger partial charge >= 0.3 is 0 Å². The summed E-state index contributed by atoms with van der Waals surface area (Å²) in [5.41, 5.74) is 46.5. The average molecular weight is 1040 g/mol. The minimum absolute atomic E-state index is 0.0273. The number of para-hydroxylation sites is 1. The number of rotatable bonds is 35. The monoisotopic (exact) mass is 1040 g/mol. The van der Waals surface area contributed by atoms with Gasteiger partial charge in [-0.15, -0.1) is 0 Å². The summed E-state index contributed by atoms with van der Waals surface area (Å²) in [5, 5.41) is 0. The number of nitrogens with two attached hydrogens (primary N) is 6. The Kier molecular flexibility index (Phi) is 27.6. The van der Waals surface area contributed by atoms with Crippen LogP contribution in [0.2, 0.25) is 0 Å². The van der Waals surface area contributed by atoms with E-state index in [9.17, 15) is 0 Å². The molecule has 1 aliphatic rings. The van der Waals surface area contributed by atoms with Crippen LogP contribution in [-0.2, 0) is 25.7 Å². The van der Waals surface area contributed by atoms with Gasteiger partial charge in [0.05, 0.1) is 43.5 Å². The molecule has 5 rings (SSSR count). The fourth-order valence-electron chi connectivity index (χ4n) is 10.3. The minimum Gasteiger partial charge on any atom is -0.493 e. The third kappa shape index (κ3) is 21.1. The largest absolute Gasteiger partial charge is 0.493 e. The maximum atomic E-state index is 7.06. The Morgan fingerprint density at radius 2 is 0.526 bits per heavy atom. The molecule has 0 saturated heterocycles. The lowest BCUT2D eigenvalue weighted by Crippen LogP contribution is -2.22.